The predicted molar refractivity (Wildman–Crippen MR) is 27.0 cm³/mol. The molecule has 0 aromatic heterocycles. The van der Waals surface area contributed by atoms with Crippen LogP contribution in [0.15, 0.2) is 0 Å². The van der Waals surface area contributed by atoms with Gasteiger partial charge in [-0.2, -0.15) is 5.48 Å². The van der Waals surface area contributed by atoms with E-state index >= 15 is 0 Å². The molecule has 0 saturated carbocycles. The number of methoxy groups -OCH3 is 1. The van der Waals surface area contributed by atoms with Gasteiger partial charge in [0, 0.05) is 0 Å². The Morgan fingerprint density at radius 3 is 2.62 bits per heavy atom. The minimum Gasteiger partial charge on any atom is -0.468 e. The van der Waals surface area contributed by atoms with E-state index in [0.29, 0.717) is 0 Å². The first-order valence-electron chi connectivity index (χ1n) is 2.14. The number of esters is 1. The lowest BCUT2D eigenvalue weighted by Gasteiger charge is -1.97. The Hall–Kier alpha value is -0.610. The smallest absolute Gasteiger partial charge is 0.322 e. The van der Waals surface area contributed by atoms with Crippen LogP contribution in [0.5, 0.6) is 0 Å². The van der Waals surface area contributed by atoms with Crippen molar-refractivity contribution >= 4 is 5.97 Å². The van der Waals surface area contributed by atoms with Crippen molar-refractivity contribution < 1.29 is 14.4 Å². The molecule has 0 heterocycles. The molecule has 0 aliphatic heterocycles. The quantitative estimate of drug-likeness (QED) is 0.394. The zero-order valence-electron chi connectivity index (χ0n) is 4.93. The highest BCUT2D eigenvalue weighted by Gasteiger charge is 1.94. The SMILES string of the molecule is CONCC(=O)OC. The molecule has 48 valence electrons. The Morgan fingerprint density at radius 1 is 1.62 bits per heavy atom. The highest BCUT2D eigenvalue weighted by atomic mass is 16.6. The third-order valence-electron chi connectivity index (χ3n) is 0.589. The Kier molecular flexibility index (Phi) is 4.20. The van der Waals surface area contributed by atoms with Crippen LogP contribution in [0.4, 0.5) is 0 Å². The molecule has 0 aliphatic carbocycles. The van der Waals surface area contributed by atoms with Gasteiger partial charge < -0.3 is 9.57 Å². The lowest BCUT2D eigenvalue weighted by Crippen LogP contribution is -2.22. The fourth-order valence-electron chi connectivity index (χ4n) is 0.203. The Bertz CT molecular complexity index is 73.7. The van der Waals surface area contributed by atoms with Gasteiger partial charge in [-0.1, -0.05) is 0 Å². The summed E-state index contributed by atoms with van der Waals surface area (Å²) in [4.78, 5) is 14.6. The van der Waals surface area contributed by atoms with Gasteiger partial charge in [-0.05, 0) is 0 Å². The number of ether oxygens (including phenoxy) is 1. The molecule has 0 amide bonds. The molecule has 0 unspecified atom stereocenters. The van der Waals surface area contributed by atoms with Crippen molar-refractivity contribution in [3.8, 4) is 0 Å². The van der Waals surface area contributed by atoms with Crippen LogP contribution in [0.3, 0.4) is 0 Å². The monoisotopic (exact) mass is 119 g/mol. The highest BCUT2D eigenvalue weighted by Crippen LogP contribution is 1.66. The summed E-state index contributed by atoms with van der Waals surface area (Å²) in [5.74, 6) is -0.341. The number of hydrogen-bond acceptors (Lipinski definition) is 4. The molecular weight excluding hydrogens is 110 g/mol. The molecule has 8 heavy (non-hydrogen) atoms. The van der Waals surface area contributed by atoms with Crippen LogP contribution in [0.25, 0.3) is 0 Å². The van der Waals surface area contributed by atoms with E-state index in [1.54, 1.807) is 0 Å². The van der Waals surface area contributed by atoms with E-state index in [0.717, 1.165) is 0 Å². The Labute approximate surface area is 47.7 Å². The van der Waals surface area contributed by atoms with Gasteiger partial charge in [0.15, 0.2) is 0 Å². The van der Waals surface area contributed by atoms with Crippen molar-refractivity contribution in [3.63, 3.8) is 0 Å². The molecule has 0 rings (SSSR count). The lowest BCUT2D eigenvalue weighted by atomic mass is 10.7. The van der Waals surface area contributed by atoms with Gasteiger partial charge in [0.25, 0.3) is 0 Å². The fourth-order valence-corrected chi connectivity index (χ4v) is 0.203. The number of hydrogen-bond donors (Lipinski definition) is 1. The van der Waals surface area contributed by atoms with Crippen molar-refractivity contribution in [2.75, 3.05) is 20.8 Å². The molecular formula is C4H9NO3. The van der Waals surface area contributed by atoms with Crippen LogP contribution < -0.4 is 5.48 Å². The van der Waals surface area contributed by atoms with Gasteiger partial charge in [-0.15, -0.1) is 0 Å². The molecule has 0 aromatic carbocycles. The molecule has 0 radical (unpaired) electrons. The zero-order chi connectivity index (χ0) is 6.41. The maximum atomic E-state index is 10.2. The average molecular weight is 119 g/mol. The number of rotatable bonds is 3. The van der Waals surface area contributed by atoms with E-state index in [9.17, 15) is 4.79 Å². The first-order valence-corrected chi connectivity index (χ1v) is 2.14. The summed E-state index contributed by atoms with van der Waals surface area (Å²) in [6.45, 7) is 0.0903. The second-order valence-electron chi connectivity index (χ2n) is 1.10. The summed E-state index contributed by atoms with van der Waals surface area (Å²) in [5, 5.41) is 0. The standard InChI is InChI=1S/C4H9NO3/c1-7-4(6)3-5-8-2/h5H,3H2,1-2H3. The van der Waals surface area contributed by atoms with Gasteiger partial charge in [0.2, 0.25) is 0 Å². The molecule has 0 atom stereocenters. The number of carbonyl (C=O) groups excluding carboxylic acids is 1. The van der Waals surface area contributed by atoms with E-state index < -0.39 is 0 Å². The van der Waals surface area contributed by atoms with Gasteiger partial charge in [-0.3, -0.25) is 4.79 Å². The fraction of sp³-hybridized carbons (Fsp3) is 0.750. The molecule has 4 nitrogen and oxygen atoms in total. The maximum absolute atomic E-state index is 10.2. The second kappa shape index (κ2) is 4.55. The van der Waals surface area contributed by atoms with Crippen LogP contribution in [-0.2, 0) is 14.4 Å². The number of hydroxylamine groups is 1. The van der Waals surface area contributed by atoms with Gasteiger partial charge in [0.1, 0.15) is 6.54 Å². The van der Waals surface area contributed by atoms with E-state index in [-0.39, 0.29) is 12.5 Å². The van der Waals surface area contributed by atoms with E-state index in [1.165, 1.54) is 14.2 Å². The third-order valence-corrected chi connectivity index (χ3v) is 0.589. The third kappa shape index (κ3) is 3.58. The predicted octanol–water partition coefficient (Wildman–Crippen LogP) is -0.690. The van der Waals surface area contributed by atoms with Crippen LogP contribution in [-0.4, -0.2) is 26.7 Å². The van der Waals surface area contributed by atoms with E-state index in [4.69, 9.17) is 0 Å². The van der Waals surface area contributed by atoms with E-state index in [2.05, 4.69) is 15.1 Å². The van der Waals surface area contributed by atoms with Gasteiger partial charge in [0.05, 0.1) is 14.2 Å². The highest BCUT2D eigenvalue weighted by molar-refractivity contribution is 5.71. The maximum Gasteiger partial charge on any atom is 0.322 e. The summed E-state index contributed by atoms with van der Waals surface area (Å²) in [5.41, 5.74) is 2.32. The van der Waals surface area contributed by atoms with Crippen molar-refractivity contribution in [2.45, 2.75) is 0 Å². The molecule has 0 bridgehead atoms. The summed E-state index contributed by atoms with van der Waals surface area (Å²) in [6.07, 6.45) is 0. The first-order chi connectivity index (χ1) is 3.81. The lowest BCUT2D eigenvalue weighted by molar-refractivity contribution is -0.141. The molecule has 0 aliphatic rings. The first kappa shape index (κ1) is 7.39. The normalized spacial score (nSPS) is 8.75. The van der Waals surface area contributed by atoms with Crippen LogP contribution in [0, 0.1) is 0 Å². The summed E-state index contributed by atoms with van der Waals surface area (Å²) >= 11 is 0. The summed E-state index contributed by atoms with van der Waals surface area (Å²) in [6, 6.07) is 0. The molecule has 1 N–H and O–H groups in total. The van der Waals surface area contributed by atoms with Crippen molar-refractivity contribution in [1.82, 2.24) is 5.48 Å². The molecule has 0 saturated heterocycles. The molecule has 0 aromatic rings. The summed E-state index contributed by atoms with van der Waals surface area (Å²) < 4.78 is 4.27. The van der Waals surface area contributed by atoms with Crippen molar-refractivity contribution in [2.24, 2.45) is 0 Å². The second-order valence-corrected chi connectivity index (χ2v) is 1.10. The Balaban J connectivity index is 2.99. The van der Waals surface area contributed by atoms with Crippen molar-refractivity contribution in [3.05, 3.63) is 0 Å². The number of nitrogens with one attached hydrogen (secondary N) is 1. The molecule has 0 fully saturated rings. The zero-order valence-corrected chi connectivity index (χ0v) is 4.93. The number of carbonyl (C=O) groups is 1. The van der Waals surface area contributed by atoms with E-state index in [1.807, 2.05) is 0 Å². The van der Waals surface area contributed by atoms with Gasteiger partial charge in [-0.25, -0.2) is 0 Å². The van der Waals surface area contributed by atoms with Gasteiger partial charge >= 0.3 is 5.97 Å². The molecule has 4 heteroatoms. The average Bonchev–Trinajstić information content (AvgIpc) is 1.83. The minimum absolute atomic E-state index is 0.0903. The molecule has 0 spiro atoms. The van der Waals surface area contributed by atoms with Crippen LogP contribution >= 0.6 is 0 Å². The van der Waals surface area contributed by atoms with Crippen LogP contribution in [0.2, 0.25) is 0 Å². The minimum atomic E-state index is -0.341. The van der Waals surface area contributed by atoms with Crippen molar-refractivity contribution in [1.29, 1.82) is 0 Å². The topological polar surface area (TPSA) is 47.6 Å². The van der Waals surface area contributed by atoms with Crippen LogP contribution in [0.1, 0.15) is 0 Å². The summed E-state index contributed by atoms with van der Waals surface area (Å²) in [7, 11) is 2.75. The Morgan fingerprint density at radius 2 is 2.25 bits per heavy atom. The largest absolute Gasteiger partial charge is 0.468 e.